The lowest BCUT2D eigenvalue weighted by atomic mass is 10.1. The van der Waals surface area contributed by atoms with Gasteiger partial charge in [0.05, 0.1) is 10.2 Å². The van der Waals surface area contributed by atoms with Gasteiger partial charge in [0, 0.05) is 5.69 Å². The Morgan fingerprint density at radius 1 is 1.06 bits per heavy atom. The van der Waals surface area contributed by atoms with Crippen LogP contribution in [-0.4, -0.2) is 12.5 Å². The lowest BCUT2D eigenvalue weighted by Gasteiger charge is -2.15. The van der Waals surface area contributed by atoms with Crippen molar-refractivity contribution in [2.75, 3.05) is 11.9 Å². The summed E-state index contributed by atoms with van der Waals surface area (Å²) in [7, 11) is 0. The Morgan fingerprint density at radius 2 is 1.85 bits per heavy atom. The van der Waals surface area contributed by atoms with Crippen LogP contribution in [0.5, 0.6) is 11.5 Å². The molecule has 0 aliphatic carbocycles. The van der Waals surface area contributed by atoms with Gasteiger partial charge < -0.3 is 14.8 Å². The van der Waals surface area contributed by atoms with Crippen molar-refractivity contribution in [1.29, 1.82) is 5.26 Å². The van der Waals surface area contributed by atoms with Crippen LogP contribution in [0.3, 0.4) is 0 Å². The van der Waals surface area contributed by atoms with E-state index in [1.807, 2.05) is 44.2 Å². The third-order valence-electron chi connectivity index (χ3n) is 5.24. The molecule has 3 rings (SSSR count). The predicted octanol–water partition coefficient (Wildman–Crippen LogP) is 6.74. The Balaban J connectivity index is 1.85. The van der Waals surface area contributed by atoms with Gasteiger partial charge in [-0.2, -0.15) is 5.26 Å². The molecule has 1 N–H and O–H groups in total. The Bertz CT molecular complexity index is 1280. The molecule has 0 saturated carbocycles. The SMILES string of the molecule is CCOc1cc(/C=C(\C#N)C(=O)Nc2cccc(C)c2)cc(I)c1OCc1ccc(C)c(C)c1. The van der Waals surface area contributed by atoms with Crippen molar-refractivity contribution in [2.24, 2.45) is 0 Å². The fraction of sp³-hybridized carbons (Fsp3) is 0.214. The quantitative estimate of drug-likeness (QED) is 0.186. The molecule has 0 aromatic heterocycles. The number of anilines is 1. The number of hydrogen-bond acceptors (Lipinski definition) is 4. The number of carbonyl (C=O) groups is 1. The van der Waals surface area contributed by atoms with Gasteiger partial charge in [0.2, 0.25) is 0 Å². The fourth-order valence-electron chi connectivity index (χ4n) is 3.36. The molecular weight excluding hydrogens is 539 g/mol. The maximum Gasteiger partial charge on any atom is 0.266 e. The number of rotatable bonds is 8. The van der Waals surface area contributed by atoms with Gasteiger partial charge in [0.1, 0.15) is 18.2 Å². The molecule has 0 atom stereocenters. The Hall–Kier alpha value is -3.31. The number of carbonyl (C=O) groups excluding carboxylic acids is 1. The highest BCUT2D eigenvalue weighted by Gasteiger charge is 2.15. The molecule has 3 aromatic rings. The minimum absolute atomic E-state index is 0.00329. The molecule has 0 saturated heterocycles. The Labute approximate surface area is 214 Å². The van der Waals surface area contributed by atoms with Crippen molar-refractivity contribution in [2.45, 2.75) is 34.3 Å². The monoisotopic (exact) mass is 566 g/mol. The summed E-state index contributed by atoms with van der Waals surface area (Å²) in [5.74, 6) is 0.748. The minimum Gasteiger partial charge on any atom is -0.490 e. The summed E-state index contributed by atoms with van der Waals surface area (Å²) in [6.45, 7) is 8.88. The summed E-state index contributed by atoms with van der Waals surface area (Å²) in [6, 6.07) is 19.4. The van der Waals surface area contributed by atoms with Gasteiger partial charge in [0.25, 0.3) is 5.91 Å². The maximum absolute atomic E-state index is 12.7. The second kappa shape index (κ2) is 11.7. The summed E-state index contributed by atoms with van der Waals surface area (Å²) in [6.07, 6.45) is 1.56. The van der Waals surface area contributed by atoms with Crippen LogP contribution in [0.25, 0.3) is 6.08 Å². The Kier molecular flexibility index (Phi) is 8.72. The number of nitrogens with zero attached hydrogens (tertiary/aromatic N) is 1. The van der Waals surface area contributed by atoms with Crippen molar-refractivity contribution < 1.29 is 14.3 Å². The summed E-state index contributed by atoms with van der Waals surface area (Å²) >= 11 is 2.19. The van der Waals surface area contributed by atoms with Gasteiger partial charge in [-0.3, -0.25) is 4.79 Å². The van der Waals surface area contributed by atoms with Crippen molar-refractivity contribution in [3.63, 3.8) is 0 Å². The molecule has 34 heavy (non-hydrogen) atoms. The van der Waals surface area contributed by atoms with Crippen molar-refractivity contribution >= 4 is 40.3 Å². The third kappa shape index (κ3) is 6.61. The molecule has 0 heterocycles. The number of ether oxygens (including phenoxy) is 2. The molecule has 174 valence electrons. The summed E-state index contributed by atoms with van der Waals surface area (Å²) < 4.78 is 12.8. The number of amides is 1. The van der Waals surface area contributed by atoms with Crippen LogP contribution < -0.4 is 14.8 Å². The Morgan fingerprint density at radius 3 is 2.53 bits per heavy atom. The van der Waals surface area contributed by atoms with E-state index in [-0.39, 0.29) is 5.57 Å². The lowest BCUT2D eigenvalue weighted by Crippen LogP contribution is -2.13. The molecule has 6 heteroatoms. The molecule has 3 aromatic carbocycles. The van der Waals surface area contributed by atoms with E-state index in [9.17, 15) is 10.1 Å². The minimum atomic E-state index is -0.462. The molecule has 0 aliphatic heterocycles. The van der Waals surface area contributed by atoms with Gasteiger partial charge >= 0.3 is 0 Å². The zero-order valence-corrected chi connectivity index (χ0v) is 21.9. The fourth-order valence-corrected chi connectivity index (χ4v) is 4.14. The number of aryl methyl sites for hydroxylation is 3. The first-order valence-electron chi connectivity index (χ1n) is 11.0. The molecule has 0 aliphatic rings. The smallest absolute Gasteiger partial charge is 0.266 e. The molecule has 0 bridgehead atoms. The number of halogens is 1. The average Bonchev–Trinajstić information content (AvgIpc) is 2.79. The standard InChI is InChI=1S/C28H27IN2O3/c1-5-33-26-15-22(13-23(16-30)28(32)31-24-8-6-7-18(2)11-24)14-25(29)27(26)34-17-21-10-9-19(3)20(4)12-21/h6-15H,5,17H2,1-4H3,(H,31,32)/b23-13+. The van der Waals surface area contributed by atoms with Crippen LogP contribution in [-0.2, 0) is 11.4 Å². The van der Waals surface area contributed by atoms with Crippen molar-refractivity contribution in [1.82, 2.24) is 0 Å². The number of hydrogen-bond donors (Lipinski definition) is 1. The predicted molar refractivity (Wildman–Crippen MR) is 144 cm³/mol. The molecule has 0 fully saturated rings. The van der Waals surface area contributed by atoms with E-state index in [0.717, 1.165) is 14.7 Å². The maximum atomic E-state index is 12.7. The van der Waals surface area contributed by atoms with Crippen molar-refractivity contribution in [3.05, 3.63) is 91.6 Å². The van der Waals surface area contributed by atoms with Crippen LogP contribution in [0.1, 0.15) is 34.7 Å². The summed E-state index contributed by atoms with van der Waals surface area (Å²) in [5.41, 5.74) is 5.88. The molecular formula is C28H27IN2O3. The zero-order chi connectivity index (χ0) is 24.7. The first-order valence-corrected chi connectivity index (χ1v) is 12.0. The highest BCUT2D eigenvalue weighted by Crippen LogP contribution is 2.35. The van der Waals surface area contributed by atoms with Gasteiger partial charge in [-0.15, -0.1) is 0 Å². The van der Waals surface area contributed by atoms with Gasteiger partial charge in [0.15, 0.2) is 11.5 Å². The third-order valence-corrected chi connectivity index (χ3v) is 6.04. The normalized spacial score (nSPS) is 11.0. The van der Waals surface area contributed by atoms with Crippen LogP contribution in [0.15, 0.2) is 60.2 Å². The van der Waals surface area contributed by atoms with Crippen LogP contribution in [0, 0.1) is 35.7 Å². The van der Waals surface area contributed by atoms with E-state index in [2.05, 4.69) is 60.0 Å². The average molecular weight is 566 g/mol. The number of nitrogens with one attached hydrogen (secondary N) is 1. The number of nitriles is 1. The van der Waals surface area contributed by atoms with E-state index >= 15 is 0 Å². The first-order chi connectivity index (χ1) is 16.3. The van der Waals surface area contributed by atoms with E-state index in [1.165, 1.54) is 11.1 Å². The first kappa shape index (κ1) is 25.3. The molecule has 0 spiro atoms. The lowest BCUT2D eigenvalue weighted by molar-refractivity contribution is -0.112. The number of benzene rings is 3. The summed E-state index contributed by atoms with van der Waals surface area (Å²) in [5, 5.41) is 12.4. The molecule has 0 unspecified atom stereocenters. The van der Waals surface area contributed by atoms with Crippen molar-refractivity contribution in [3.8, 4) is 17.6 Å². The van der Waals surface area contributed by atoms with E-state index in [1.54, 1.807) is 18.2 Å². The van der Waals surface area contributed by atoms with Gasteiger partial charge in [-0.05, 0) is 108 Å². The van der Waals surface area contributed by atoms with Gasteiger partial charge in [-0.1, -0.05) is 30.3 Å². The molecule has 0 radical (unpaired) electrons. The van der Waals surface area contributed by atoms with E-state index < -0.39 is 5.91 Å². The molecule has 5 nitrogen and oxygen atoms in total. The highest BCUT2D eigenvalue weighted by molar-refractivity contribution is 14.1. The molecule has 1 amide bonds. The second-order valence-electron chi connectivity index (χ2n) is 7.96. The largest absolute Gasteiger partial charge is 0.490 e. The summed E-state index contributed by atoms with van der Waals surface area (Å²) in [4.78, 5) is 12.7. The van der Waals surface area contributed by atoms with Crippen LogP contribution >= 0.6 is 22.6 Å². The van der Waals surface area contributed by atoms with E-state index in [4.69, 9.17) is 9.47 Å². The van der Waals surface area contributed by atoms with Crippen LogP contribution in [0.4, 0.5) is 5.69 Å². The second-order valence-corrected chi connectivity index (χ2v) is 9.13. The van der Waals surface area contributed by atoms with Gasteiger partial charge in [-0.25, -0.2) is 0 Å². The van der Waals surface area contributed by atoms with Crippen LogP contribution in [0.2, 0.25) is 0 Å². The van der Waals surface area contributed by atoms with E-state index in [0.29, 0.717) is 36.0 Å². The highest BCUT2D eigenvalue weighted by atomic mass is 127. The zero-order valence-electron chi connectivity index (χ0n) is 19.7. The topological polar surface area (TPSA) is 71.3 Å².